The van der Waals surface area contributed by atoms with E-state index in [4.69, 9.17) is 11.6 Å². The first-order valence-electron chi connectivity index (χ1n) is 17.6. The van der Waals surface area contributed by atoms with Crippen molar-refractivity contribution in [2.75, 3.05) is 29.5 Å². The number of rotatable bonds is 13. The molecular formula is C41H46ClN2O6S2+. The molecule has 0 saturated heterocycles. The minimum Gasteiger partial charge on any atom is -0.344 e. The molecule has 0 fully saturated rings. The number of benzene rings is 4. The second-order valence-electron chi connectivity index (χ2n) is 14.7. The molecule has 8 nitrogen and oxygen atoms in total. The van der Waals surface area contributed by atoms with Gasteiger partial charge in [0, 0.05) is 52.5 Å². The van der Waals surface area contributed by atoms with Crippen LogP contribution in [0.15, 0.2) is 108 Å². The molecule has 11 heteroatoms. The number of unbranched alkanes of at least 4 members (excludes halogenated alkanes) is 2. The second kappa shape index (κ2) is 14.6. The molecule has 52 heavy (non-hydrogen) atoms. The summed E-state index contributed by atoms with van der Waals surface area (Å²) in [4.78, 5) is 2.24. The van der Waals surface area contributed by atoms with Crippen LogP contribution in [0.5, 0.6) is 0 Å². The molecule has 0 amide bonds. The van der Waals surface area contributed by atoms with Gasteiger partial charge in [-0.05, 0) is 90.6 Å². The highest BCUT2D eigenvalue weighted by molar-refractivity contribution is 7.86. The van der Waals surface area contributed by atoms with E-state index in [-0.39, 0.29) is 22.3 Å². The van der Waals surface area contributed by atoms with Gasteiger partial charge in [0.15, 0.2) is 5.71 Å². The maximum atomic E-state index is 11.4. The Hall–Kier alpha value is -3.80. The minimum absolute atomic E-state index is 0.281. The highest BCUT2D eigenvalue weighted by atomic mass is 35.5. The van der Waals surface area contributed by atoms with Crippen molar-refractivity contribution in [2.24, 2.45) is 0 Å². The number of allylic oxidation sites excluding steroid dienone is 6. The summed E-state index contributed by atoms with van der Waals surface area (Å²) in [5.74, 6) is -0.562. The molecule has 0 radical (unpaired) electrons. The van der Waals surface area contributed by atoms with Crippen LogP contribution in [0.2, 0.25) is 0 Å². The lowest BCUT2D eigenvalue weighted by atomic mass is 9.79. The highest BCUT2D eigenvalue weighted by Gasteiger charge is 2.45. The lowest BCUT2D eigenvalue weighted by Gasteiger charge is -2.27. The van der Waals surface area contributed by atoms with Crippen molar-refractivity contribution in [1.29, 1.82) is 0 Å². The minimum atomic E-state index is -4.04. The normalized spacial score (nSPS) is 17.9. The molecular weight excluding hydrogens is 716 g/mol. The van der Waals surface area contributed by atoms with Gasteiger partial charge in [0.05, 0.1) is 16.9 Å². The number of hydrogen-bond acceptors (Lipinski definition) is 5. The van der Waals surface area contributed by atoms with E-state index in [1.54, 1.807) is 0 Å². The molecule has 6 rings (SSSR count). The van der Waals surface area contributed by atoms with Crippen LogP contribution in [0.1, 0.15) is 64.5 Å². The van der Waals surface area contributed by atoms with Crippen molar-refractivity contribution >= 4 is 70.5 Å². The number of fused-ring (bicyclic) bond motifs is 6. The molecule has 0 bridgehead atoms. The molecule has 2 aliphatic heterocycles. The number of nitrogens with zero attached hydrogens (tertiary/aromatic N) is 2. The van der Waals surface area contributed by atoms with Gasteiger partial charge in [-0.3, -0.25) is 9.11 Å². The summed E-state index contributed by atoms with van der Waals surface area (Å²) in [6, 6.07) is 25.1. The molecule has 4 aromatic rings. The van der Waals surface area contributed by atoms with Gasteiger partial charge in [0.1, 0.15) is 6.54 Å². The molecule has 274 valence electrons. The molecule has 0 aromatic heterocycles. The maximum absolute atomic E-state index is 11.4. The third-order valence-corrected chi connectivity index (χ3v) is 12.2. The standard InChI is InChI=1S/C41H45ClN2O6S2/c1-40(2)36(43(25-9-11-27-51(45,46)47)34-21-17-29-13-5-7-15-32(29)38(34)40)23-19-31(42)20-24-37-41(3,4)39-33-16-8-6-14-30(33)18-22-35(39)44(37)26-10-12-28-52(48,49)50/h5-8,13-24H,9-12,25-28H2,1-4H3,(H-,45,46,47,48,49,50)/p+1. The lowest BCUT2D eigenvalue weighted by molar-refractivity contribution is -0.438. The SMILES string of the molecule is CC1(C)C(=CC=C(Cl)C=CC2=[N+](CCCCS(=O)(=O)O)c3ccc4ccccc4c3C2(C)C)N(CCCCS(=O)(=O)O)c2ccc3ccccc3c21. The Balaban J connectivity index is 1.36. The second-order valence-corrected chi connectivity index (χ2v) is 18.3. The Bertz CT molecular complexity index is 2390. The van der Waals surface area contributed by atoms with Crippen molar-refractivity contribution in [3.8, 4) is 0 Å². The average Bonchev–Trinajstić information content (AvgIpc) is 3.43. The van der Waals surface area contributed by atoms with Crippen LogP contribution in [0, 0.1) is 0 Å². The van der Waals surface area contributed by atoms with Crippen LogP contribution >= 0.6 is 11.6 Å². The molecule has 4 aromatic carbocycles. The quantitative estimate of drug-likeness (QED) is 0.0605. The van der Waals surface area contributed by atoms with Gasteiger partial charge in [-0.25, -0.2) is 0 Å². The van der Waals surface area contributed by atoms with Crippen LogP contribution in [0.4, 0.5) is 11.4 Å². The lowest BCUT2D eigenvalue weighted by Crippen LogP contribution is -2.28. The predicted octanol–water partition coefficient (Wildman–Crippen LogP) is 9.07. The van der Waals surface area contributed by atoms with E-state index in [1.807, 2.05) is 48.6 Å². The summed E-state index contributed by atoms with van der Waals surface area (Å²) < 4.78 is 66.5. The van der Waals surface area contributed by atoms with E-state index in [0.717, 1.165) is 44.3 Å². The Labute approximate surface area is 312 Å². The third kappa shape index (κ3) is 7.77. The van der Waals surface area contributed by atoms with Gasteiger partial charge in [0.25, 0.3) is 20.2 Å². The number of anilines is 1. The molecule has 0 saturated carbocycles. The first-order valence-corrected chi connectivity index (χ1v) is 21.2. The van der Waals surface area contributed by atoms with Gasteiger partial charge >= 0.3 is 0 Å². The predicted molar refractivity (Wildman–Crippen MR) is 214 cm³/mol. The highest BCUT2D eigenvalue weighted by Crippen LogP contribution is 2.51. The monoisotopic (exact) mass is 761 g/mol. The van der Waals surface area contributed by atoms with Crippen LogP contribution in [0.25, 0.3) is 21.5 Å². The molecule has 2 N–H and O–H groups in total. The van der Waals surface area contributed by atoms with Crippen molar-refractivity contribution in [1.82, 2.24) is 0 Å². The van der Waals surface area contributed by atoms with Crippen molar-refractivity contribution in [3.63, 3.8) is 0 Å². The molecule has 0 aliphatic carbocycles. The fourth-order valence-corrected chi connectivity index (χ4v) is 9.30. The summed E-state index contributed by atoms with van der Waals surface area (Å²) in [6.45, 7) is 9.91. The largest absolute Gasteiger partial charge is 0.344 e. The molecule has 2 aliphatic rings. The smallest absolute Gasteiger partial charge is 0.264 e. The van der Waals surface area contributed by atoms with E-state index >= 15 is 0 Å². The molecule has 0 unspecified atom stereocenters. The molecule has 0 spiro atoms. The van der Waals surface area contributed by atoms with Crippen LogP contribution in [-0.2, 0) is 31.1 Å². The summed E-state index contributed by atoms with van der Waals surface area (Å²) in [6.07, 6.45) is 9.70. The van der Waals surface area contributed by atoms with E-state index in [1.165, 1.54) is 11.1 Å². The van der Waals surface area contributed by atoms with Gasteiger partial charge in [-0.1, -0.05) is 80.0 Å². The Morgan fingerprint density at radius 2 is 1.33 bits per heavy atom. The molecule has 2 heterocycles. The zero-order valence-electron chi connectivity index (χ0n) is 30.0. The molecule has 0 atom stereocenters. The Morgan fingerprint density at radius 1 is 0.750 bits per heavy atom. The Morgan fingerprint density at radius 3 is 1.96 bits per heavy atom. The Kier molecular flexibility index (Phi) is 10.6. The van der Waals surface area contributed by atoms with Crippen molar-refractivity contribution in [3.05, 3.63) is 119 Å². The summed E-state index contributed by atoms with van der Waals surface area (Å²) in [5, 5.41) is 5.13. The van der Waals surface area contributed by atoms with E-state index in [2.05, 4.69) is 85.7 Å². The third-order valence-electron chi connectivity index (χ3n) is 10.4. The first-order chi connectivity index (χ1) is 24.5. The van der Waals surface area contributed by atoms with Crippen molar-refractivity contribution in [2.45, 2.75) is 64.2 Å². The summed E-state index contributed by atoms with van der Waals surface area (Å²) in [5.41, 5.74) is 5.82. The summed E-state index contributed by atoms with van der Waals surface area (Å²) >= 11 is 6.98. The van der Waals surface area contributed by atoms with E-state index < -0.39 is 20.2 Å². The first kappa shape index (κ1) is 37.9. The van der Waals surface area contributed by atoms with Crippen LogP contribution in [-0.4, -0.2) is 60.8 Å². The van der Waals surface area contributed by atoms with E-state index in [0.29, 0.717) is 43.8 Å². The van der Waals surface area contributed by atoms with Gasteiger partial charge in [-0.15, -0.1) is 0 Å². The van der Waals surface area contributed by atoms with E-state index in [9.17, 15) is 25.9 Å². The van der Waals surface area contributed by atoms with Crippen LogP contribution < -0.4 is 4.90 Å². The fourth-order valence-electron chi connectivity index (χ4n) is 8.03. The average molecular weight is 762 g/mol. The topological polar surface area (TPSA) is 115 Å². The van der Waals surface area contributed by atoms with Crippen molar-refractivity contribution < 1.29 is 30.5 Å². The number of hydrogen-bond donors (Lipinski definition) is 2. The fraction of sp³-hybridized carbons (Fsp3) is 0.341. The van der Waals surface area contributed by atoms with Gasteiger partial charge in [0.2, 0.25) is 5.69 Å². The number of halogens is 1. The zero-order valence-corrected chi connectivity index (χ0v) is 32.4. The summed E-state index contributed by atoms with van der Waals surface area (Å²) in [7, 11) is -8.08. The maximum Gasteiger partial charge on any atom is 0.264 e. The van der Waals surface area contributed by atoms with Gasteiger partial charge in [-0.2, -0.15) is 21.4 Å². The zero-order chi connectivity index (χ0) is 37.5. The van der Waals surface area contributed by atoms with Crippen LogP contribution in [0.3, 0.4) is 0 Å². The van der Waals surface area contributed by atoms with Gasteiger partial charge < -0.3 is 4.90 Å².